The Labute approximate surface area is 104 Å². The molecule has 0 saturated carbocycles. The van der Waals surface area contributed by atoms with Crippen molar-refractivity contribution >= 4 is 17.6 Å². The Kier molecular flexibility index (Phi) is 4.74. The molecule has 4 N–H and O–H groups in total. The van der Waals surface area contributed by atoms with Gasteiger partial charge in [-0.2, -0.15) is 0 Å². The monoisotopic (exact) mass is 259 g/mol. The lowest BCUT2D eigenvalue weighted by Crippen LogP contribution is -2.38. The van der Waals surface area contributed by atoms with Gasteiger partial charge in [-0.1, -0.05) is 17.7 Å². The number of benzene rings is 1. The summed E-state index contributed by atoms with van der Waals surface area (Å²) in [5, 5.41) is 19.1. The van der Waals surface area contributed by atoms with Gasteiger partial charge in [-0.3, -0.25) is 4.79 Å². The Hall–Kier alpha value is -1.30. The van der Waals surface area contributed by atoms with Gasteiger partial charge < -0.3 is 20.7 Å². The molecular formula is C11H14ClNO4. The van der Waals surface area contributed by atoms with E-state index >= 15 is 0 Å². The van der Waals surface area contributed by atoms with Crippen LogP contribution in [0, 0.1) is 0 Å². The number of nitrogens with two attached hydrogens (primary N) is 1. The van der Waals surface area contributed by atoms with Gasteiger partial charge in [0.15, 0.2) is 0 Å². The lowest BCUT2D eigenvalue weighted by molar-refractivity contribution is -0.147. The second-order valence-corrected chi connectivity index (χ2v) is 3.84. The van der Waals surface area contributed by atoms with Crippen LogP contribution in [-0.2, 0) is 9.53 Å². The molecule has 0 aromatic heterocycles. The van der Waals surface area contributed by atoms with E-state index in [1.807, 2.05) is 0 Å². The third-order valence-corrected chi connectivity index (χ3v) is 2.51. The van der Waals surface area contributed by atoms with Crippen LogP contribution >= 0.6 is 11.6 Å². The molecule has 0 aliphatic carbocycles. The van der Waals surface area contributed by atoms with Crippen LogP contribution in [0.25, 0.3) is 0 Å². The Bertz CT molecular complexity index is 410. The molecule has 1 aromatic rings. The number of rotatable bonds is 4. The molecule has 6 heteroatoms. The van der Waals surface area contributed by atoms with Gasteiger partial charge in [0.1, 0.15) is 17.9 Å². The van der Waals surface area contributed by atoms with Gasteiger partial charge in [-0.25, -0.2) is 0 Å². The smallest absolute Gasteiger partial charge is 0.325 e. The van der Waals surface area contributed by atoms with E-state index in [9.17, 15) is 15.0 Å². The highest BCUT2D eigenvalue weighted by Crippen LogP contribution is 2.27. The molecule has 2 atom stereocenters. The summed E-state index contributed by atoms with van der Waals surface area (Å²) >= 11 is 5.69. The number of hydrogen-bond acceptors (Lipinski definition) is 5. The maximum Gasteiger partial charge on any atom is 0.325 e. The molecule has 2 unspecified atom stereocenters. The molecule has 1 rings (SSSR count). The van der Waals surface area contributed by atoms with E-state index in [2.05, 4.69) is 0 Å². The molecule has 0 aliphatic rings. The second kappa shape index (κ2) is 5.86. The first-order valence-corrected chi connectivity index (χ1v) is 5.43. The van der Waals surface area contributed by atoms with Crippen LogP contribution in [0.1, 0.15) is 18.6 Å². The zero-order valence-corrected chi connectivity index (χ0v) is 10.0. The topological polar surface area (TPSA) is 92.8 Å². The average molecular weight is 260 g/mol. The van der Waals surface area contributed by atoms with Crippen LogP contribution < -0.4 is 5.73 Å². The molecule has 1 aromatic carbocycles. The molecule has 0 heterocycles. The summed E-state index contributed by atoms with van der Waals surface area (Å²) in [7, 11) is 0. The number of esters is 1. The van der Waals surface area contributed by atoms with E-state index in [1.54, 1.807) is 6.92 Å². The lowest BCUT2D eigenvalue weighted by atomic mass is 10.0. The number of ether oxygens (including phenoxy) is 1. The molecule has 94 valence electrons. The molecule has 17 heavy (non-hydrogen) atoms. The predicted molar refractivity (Wildman–Crippen MR) is 62.7 cm³/mol. The molecule has 5 nitrogen and oxygen atoms in total. The molecule has 0 bridgehead atoms. The van der Waals surface area contributed by atoms with Crippen molar-refractivity contribution in [2.45, 2.75) is 19.1 Å². The Balaban J connectivity index is 2.84. The maximum atomic E-state index is 11.3. The molecule has 0 saturated heterocycles. The Morgan fingerprint density at radius 1 is 1.59 bits per heavy atom. The van der Waals surface area contributed by atoms with Crippen molar-refractivity contribution in [1.29, 1.82) is 0 Å². The van der Waals surface area contributed by atoms with E-state index in [-0.39, 0.29) is 17.4 Å². The zero-order valence-electron chi connectivity index (χ0n) is 9.26. The number of hydrogen-bond donors (Lipinski definition) is 3. The van der Waals surface area contributed by atoms with Crippen LogP contribution in [0.15, 0.2) is 18.2 Å². The average Bonchev–Trinajstić information content (AvgIpc) is 2.31. The highest BCUT2D eigenvalue weighted by molar-refractivity contribution is 6.32. The van der Waals surface area contributed by atoms with E-state index in [4.69, 9.17) is 22.1 Å². The first-order chi connectivity index (χ1) is 7.97. The van der Waals surface area contributed by atoms with Crippen molar-refractivity contribution in [3.8, 4) is 5.75 Å². The number of carbonyl (C=O) groups is 1. The number of aromatic hydroxyl groups is 1. The number of phenolic OH excluding ortho intramolecular Hbond substituents is 1. The van der Waals surface area contributed by atoms with Crippen LogP contribution in [0.2, 0.25) is 5.02 Å². The number of halogens is 1. The summed E-state index contributed by atoms with van der Waals surface area (Å²) in [6.07, 6.45) is -1.23. The summed E-state index contributed by atoms with van der Waals surface area (Å²) in [6, 6.07) is 2.92. The van der Waals surface area contributed by atoms with Crippen LogP contribution in [-0.4, -0.2) is 28.8 Å². The third-order valence-electron chi connectivity index (χ3n) is 2.21. The van der Waals surface area contributed by atoms with Crippen molar-refractivity contribution in [3.05, 3.63) is 28.8 Å². The molecular weight excluding hydrogens is 246 g/mol. The zero-order chi connectivity index (χ0) is 13.0. The van der Waals surface area contributed by atoms with Crippen molar-refractivity contribution in [3.63, 3.8) is 0 Å². The highest BCUT2D eigenvalue weighted by atomic mass is 35.5. The second-order valence-electron chi connectivity index (χ2n) is 3.43. The fourth-order valence-electron chi connectivity index (χ4n) is 1.28. The number of aliphatic hydroxyl groups excluding tert-OH is 1. The van der Waals surface area contributed by atoms with Crippen molar-refractivity contribution in [2.75, 3.05) is 6.61 Å². The molecule has 0 radical (unpaired) electrons. The lowest BCUT2D eigenvalue weighted by Gasteiger charge is -2.17. The minimum atomic E-state index is -1.23. The third kappa shape index (κ3) is 3.33. The highest BCUT2D eigenvalue weighted by Gasteiger charge is 2.25. The van der Waals surface area contributed by atoms with Gasteiger partial charge in [0.2, 0.25) is 0 Å². The van der Waals surface area contributed by atoms with Gasteiger partial charge in [0.25, 0.3) is 0 Å². The van der Waals surface area contributed by atoms with E-state index in [0.717, 1.165) is 0 Å². The number of carbonyl (C=O) groups excluding carboxylic acids is 1. The first-order valence-electron chi connectivity index (χ1n) is 5.06. The van der Waals surface area contributed by atoms with Crippen LogP contribution in [0.3, 0.4) is 0 Å². The van der Waals surface area contributed by atoms with Gasteiger partial charge in [0, 0.05) is 0 Å². The number of aliphatic hydroxyl groups is 1. The molecule has 0 fully saturated rings. The van der Waals surface area contributed by atoms with Crippen LogP contribution in [0.5, 0.6) is 5.75 Å². The van der Waals surface area contributed by atoms with Crippen LogP contribution in [0.4, 0.5) is 0 Å². The SMILES string of the molecule is CCOC(=O)C(N)C(O)c1ccc(O)c(Cl)c1. The summed E-state index contributed by atoms with van der Waals surface area (Å²) < 4.78 is 4.69. The molecule has 0 aliphatic heterocycles. The van der Waals surface area contributed by atoms with Crippen molar-refractivity contribution in [2.24, 2.45) is 5.73 Å². The van der Waals surface area contributed by atoms with E-state index < -0.39 is 18.1 Å². The fourth-order valence-corrected chi connectivity index (χ4v) is 1.47. The fraction of sp³-hybridized carbons (Fsp3) is 0.364. The summed E-state index contributed by atoms with van der Waals surface area (Å²) in [5.41, 5.74) is 5.88. The van der Waals surface area contributed by atoms with Crippen molar-refractivity contribution < 1.29 is 19.7 Å². The molecule has 0 spiro atoms. The Morgan fingerprint density at radius 2 is 2.24 bits per heavy atom. The van der Waals surface area contributed by atoms with E-state index in [1.165, 1.54) is 18.2 Å². The predicted octanol–water partition coefficient (Wildman–Crippen LogP) is 0.969. The number of phenols is 1. The van der Waals surface area contributed by atoms with Gasteiger partial charge in [0.05, 0.1) is 11.6 Å². The Morgan fingerprint density at radius 3 is 2.76 bits per heavy atom. The summed E-state index contributed by atoms with van der Waals surface area (Å²) in [6.45, 7) is 1.84. The van der Waals surface area contributed by atoms with Gasteiger partial charge in [-0.05, 0) is 24.6 Å². The minimum Gasteiger partial charge on any atom is -0.506 e. The van der Waals surface area contributed by atoms with Gasteiger partial charge in [-0.15, -0.1) is 0 Å². The standard InChI is InChI=1S/C11H14ClNO4/c1-2-17-11(16)9(13)10(15)6-3-4-8(14)7(12)5-6/h3-5,9-10,14-15H,2,13H2,1H3. The van der Waals surface area contributed by atoms with E-state index in [0.29, 0.717) is 5.56 Å². The van der Waals surface area contributed by atoms with Gasteiger partial charge >= 0.3 is 5.97 Å². The molecule has 0 amide bonds. The quantitative estimate of drug-likeness (QED) is 0.701. The minimum absolute atomic E-state index is 0.0811. The summed E-state index contributed by atoms with van der Waals surface area (Å²) in [4.78, 5) is 11.3. The van der Waals surface area contributed by atoms with Crippen molar-refractivity contribution in [1.82, 2.24) is 0 Å². The summed E-state index contributed by atoms with van der Waals surface area (Å²) in [5.74, 6) is -0.795. The largest absolute Gasteiger partial charge is 0.506 e. The normalized spacial score (nSPS) is 14.1. The first kappa shape index (κ1) is 13.8. The maximum absolute atomic E-state index is 11.3.